The second-order valence-electron chi connectivity index (χ2n) is 6.63. The first-order valence-corrected chi connectivity index (χ1v) is 10.8. The van der Waals surface area contributed by atoms with Gasteiger partial charge in [-0.15, -0.1) is 11.3 Å². The maximum absolute atomic E-state index is 12.3. The second kappa shape index (κ2) is 10.0. The number of amides is 2. The fourth-order valence-corrected chi connectivity index (χ4v) is 3.54. The van der Waals surface area contributed by atoms with Crippen LogP contribution in [0.2, 0.25) is 5.02 Å². The lowest BCUT2D eigenvalue weighted by atomic mass is 10.2. The maximum Gasteiger partial charge on any atom is 0.257 e. The molecular weight excluding hydrogens is 448 g/mol. The van der Waals surface area contributed by atoms with E-state index in [-0.39, 0.29) is 18.2 Å². The molecule has 2 amide bonds. The third kappa shape index (κ3) is 5.90. The Hall–Kier alpha value is -3.75. The highest BCUT2D eigenvalue weighted by Gasteiger charge is 2.11. The lowest BCUT2D eigenvalue weighted by Gasteiger charge is -2.07. The Bertz CT molecular complexity index is 1210. The molecule has 2 N–H and O–H groups in total. The molecule has 0 aliphatic rings. The highest BCUT2D eigenvalue weighted by molar-refractivity contribution is 7.14. The van der Waals surface area contributed by atoms with Crippen LogP contribution in [0.4, 0.5) is 10.8 Å². The Balaban J connectivity index is 1.29. The molecule has 0 aliphatic carbocycles. The van der Waals surface area contributed by atoms with Crippen LogP contribution in [0.25, 0.3) is 0 Å². The molecule has 0 atom stereocenters. The summed E-state index contributed by atoms with van der Waals surface area (Å²) >= 11 is 7.12. The topological polar surface area (TPSA) is 93.2 Å². The van der Waals surface area contributed by atoms with E-state index in [9.17, 15) is 9.59 Å². The van der Waals surface area contributed by atoms with E-state index in [1.165, 1.54) is 17.5 Å². The fourth-order valence-electron chi connectivity index (χ4n) is 2.71. The Morgan fingerprint density at radius 1 is 0.969 bits per heavy atom. The molecule has 9 heteroatoms. The van der Waals surface area contributed by atoms with Gasteiger partial charge in [-0.25, -0.2) is 9.97 Å². The Labute approximate surface area is 193 Å². The molecule has 0 saturated carbocycles. The van der Waals surface area contributed by atoms with Crippen molar-refractivity contribution in [2.24, 2.45) is 0 Å². The highest BCUT2D eigenvalue weighted by atomic mass is 35.5. The number of benzene rings is 2. The molecule has 32 heavy (non-hydrogen) atoms. The zero-order chi connectivity index (χ0) is 22.3. The van der Waals surface area contributed by atoms with E-state index in [1.54, 1.807) is 66.0 Å². The van der Waals surface area contributed by atoms with Crippen molar-refractivity contribution in [2.45, 2.75) is 6.42 Å². The van der Waals surface area contributed by atoms with Gasteiger partial charge in [-0.3, -0.25) is 14.9 Å². The van der Waals surface area contributed by atoms with Crippen LogP contribution in [0.3, 0.4) is 0 Å². The molecule has 0 spiro atoms. The van der Waals surface area contributed by atoms with Crippen LogP contribution in [0.5, 0.6) is 11.6 Å². The second-order valence-corrected chi connectivity index (χ2v) is 7.92. The molecule has 0 saturated heterocycles. The molecule has 2 aromatic heterocycles. The van der Waals surface area contributed by atoms with E-state index in [4.69, 9.17) is 16.3 Å². The van der Waals surface area contributed by atoms with Gasteiger partial charge in [0.05, 0.1) is 24.0 Å². The summed E-state index contributed by atoms with van der Waals surface area (Å²) in [5, 5.41) is 8.30. The summed E-state index contributed by atoms with van der Waals surface area (Å²) in [6, 6.07) is 19.1. The maximum atomic E-state index is 12.3. The van der Waals surface area contributed by atoms with E-state index in [2.05, 4.69) is 20.6 Å². The van der Waals surface area contributed by atoms with Crippen LogP contribution >= 0.6 is 22.9 Å². The number of thiazole rings is 1. The number of hydrogen-bond donors (Lipinski definition) is 2. The van der Waals surface area contributed by atoms with Crippen molar-refractivity contribution in [3.63, 3.8) is 0 Å². The molecule has 0 radical (unpaired) electrons. The first-order valence-electron chi connectivity index (χ1n) is 9.55. The minimum absolute atomic E-state index is 0.0702. The standard InChI is InChI=1S/C23H17ClN4O3S/c24-16-6-9-19(10-7-16)31-21-11-8-17(13-25-21)26-20(29)12-18-14-32-23(27-18)28-22(30)15-4-2-1-3-5-15/h1-11,13-14H,12H2,(H,26,29)(H,27,28,30). The van der Waals surface area contributed by atoms with Gasteiger partial charge in [-0.1, -0.05) is 29.8 Å². The van der Waals surface area contributed by atoms with Crippen LogP contribution in [0.1, 0.15) is 16.1 Å². The molecule has 0 aliphatic heterocycles. The number of hydrogen-bond acceptors (Lipinski definition) is 6. The summed E-state index contributed by atoms with van der Waals surface area (Å²) in [7, 11) is 0. The average molecular weight is 465 g/mol. The summed E-state index contributed by atoms with van der Waals surface area (Å²) < 4.78 is 5.63. The fraction of sp³-hybridized carbons (Fsp3) is 0.0435. The van der Waals surface area contributed by atoms with Crippen molar-refractivity contribution in [3.8, 4) is 11.6 Å². The third-order valence-electron chi connectivity index (χ3n) is 4.21. The SMILES string of the molecule is O=C(Cc1csc(NC(=O)c2ccccc2)n1)Nc1ccc(Oc2ccc(Cl)cc2)nc1. The predicted octanol–water partition coefficient (Wildman–Crippen LogP) is 5.42. The summed E-state index contributed by atoms with van der Waals surface area (Å²) in [4.78, 5) is 33.0. The number of nitrogens with zero attached hydrogens (tertiary/aromatic N) is 2. The van der Waals surface area contributed by atoms with Crippen molar-refractivity contribution < 1.29 is 14.3 Å². The predicted molar refractivity (Wildman–Crippen MR) is 125 cm³/mol. The van der Waals surface area contributed by atoms with Crippen LogP contribution in [-0.4, -0.2) is 21.8 Å². The number of nitrogens with one attached hydrogen (secondary N) is 2. The van der Waals surface area contributed by atoms with Crippen molar-refractivity contribution in [1.82, 2.24) is 9.97 Å². The normalized spacial score (nSPS) is 10.4. The Kier molecular flexibility index (Phi) is 6.74. The lowest BCUT2D eigenvalue weighted by molar-refractivity contribution is -0.115. The lowest BCUT2D eigenvalue weighted by Crippen LogP contribution is -2.15. The number of carbonyl (C=O) groups excluding carboxylic acids is 2. The molecular formula is C23H17ClN4O3S. The highest BCUT2D eigenvalue weighted by Crippen LogP contribution is 2.22. The van der Waals surface area contributed by atoms with Gasteiger partial charge in [-0.2, -0.15) is 0 Å². The van der Waals surface area contributed by atoms with Crippen LogP contribution in [0, 0.1) is 0 Å². The Morgan fingerprint density at radius 3 is 2.47 bits per heavy atom. The van der Waals surface area contributed by atoms with Gasteiger partial charge < -0.3 is 10.1 Å². The van der Waals surface area contributed by atoms with Gasteiger partial charge in [0.2, 0.25) is 11.8 Å². The molecule has 0 unspecified atom stereocenters. The zero-order valence-electron chi connectivity index (χ0n) is 16.6. The number of halogens is 1. The largest absolute Gasteiger partial charge is 0.439 e. The average Bonchev–Trinajstić information content (AvgIpc) is 3.23. The minimum atomic E-state index is -0.247. The quantitative estimate of drug-likeness (QED) is 0.381. The van der Waals surface area contributed by atoms with Crippen LogP contribution < -0.4 is 15.4 Å². The van der Waals surface area contributed by atoms with Crippen molar-refractivity contribution in [1.29, 1.82) is 0 Å². The number of rotatable bonds is 7. The van der Waals surface area contributed by atoms with E-state index >= 15 is 0 Å². The molecule has 4 rings (SSSR count). The monoisotopic (exact) mass is 464 g/mol. The van der Waals surface area contributed by atoms with Gasteiger partial charge >= 0.3 is 0 Å². The van der Waals surface area contributed by atoms with E-state index in [0.717, 1.165) is 0 Å². The molecule has 0 fully saturated rings. The molecule has 160 valence electrons. The van der Waals surface area contributed by atoms with Crippen molar-refractivity contribution in [2.75, 3.05) is 10.6 Å². The Morgan fingerprint density at radius 2 is 1.75 bits per heavy atom. The zero-order valence-corrected chi connectivity index (χ0v) is 18.2. The smallest absolute Gasteiger partial charge is 0.257 e. The number of anilines is 2. The molecule has 4 aromatic rings. The number of carbonyl (C=O) groups is 2. The summed E-state index contributed by atoms with van der Waals surface area (Å²) in [5.41, 5.74) is 1.63. The number of aromatic nitrogens is 2. The summed E-state index contributed by atoms with van der Waals surface area (Å²) in [6.45, 7) is 0. The van der Waals surface area contributed by atoms with Gasteiger partial charge in [0, 0.05) is 22.0 Å². The van der Waals surface area contributed by atoms with Crippen LogP contribution in [0.15, 0.2) is 78.3 Å². The number of pyridine rings is 1. The minimum Gasteiger partial charge on any atom is -0.439 e. The van der Waals surface area contributed by atoms with Crippen molar-refractivity contribution >= 4 is 45.6 Å². The van der Waals surface area contributed by atoms with Crippen LogP contribution in [-0.2, 0) is 11.2 Å². The first-order chi connectivity index (χ1) is 15.5. The molecule has 7 nitrogen and oxygen atoms in total. The molecule has 0 bridgehead atoms. The summed E-state index contributed by atoms with van der Waals surface area (Å²) in [5.74, 6) is 0.508. The van der Waals surface area contributed by atoms with Gasteiger partial charge in [0.15, 0.2) is 5.13 Å². The van der Waals surface area contributed by atoms with E-state index < -0.39 is 0 Å². The molecule has 2 heterocycles. The first kappa shape index (κ1) is 21.5. The number of ether oxygens (including phenoxy) is 1. The van der Waals surface area contributed by atoms with Gasteiger partial charge in [0.25, 0.3) is 5.91 Å². The van der Waals surface area contributed by atoms with Gasteiger partial charge in [0.1, 0.15) is 5.75 Å². The summed E-state index contributed by atoms with van der Waals surface area (Å²) in [6.07, 6.45) is 1.58. The third-order valence-corrected chi connectivity index (χ3v) is 5.26. The van der Waals surface area contributed by atoms with Gasteiger partial charge in [-0.05, 0) is 42.5 Å². The van der Waals surface area contributed by atoms with E-state index in [1.807, 2.05) is 6.07 Å². The van der Waals surface area contributed by atoms with Crippen molar-refractivity contribution in [3.05, 3.63) is 94.6 Å². The molecule has 2 aromatic carbocycles. The van der Waals surface area contributed by atoms with E-state index in [0.29, 0.717) is 38.7 Å².